The highest BCUT2D eigenvalue weighted by Crippen LogP contribution is 2.34. The van der Waals surface area contributed by atoms with Crippen molar-refractivity contribution >= 4 is 28.9 Å². The number of nitrogens with zero attached hydrogens (tertiary/aromatic N) is 5. The molecule has 0 spiro atoms. The molecule has 0 bridgehead atoms. The molecule has 1 atom stereocenters. The molecule has 0 saturated carbocycles. The third kappa shape index (κ3) is 6.58. The topological polar surface area (TPSA) is 128 Å². The maximum atomic E-state index is 13.6. The van der Waals surface area contributed by atoms with Crippen LogP contribution in [0.25, 0.3) is 22.3 Å². The number of fused-ring (bicyclic) bond motifs is 1. The summed E-state index contributed by atoms with van der Waals surface area (Å²) in [6, 6.07) is 8.93. The number of likely N-dealkylation sites (tertiary alicyclic amines) is 1. The maximum Gasteiger partial charge on any atom is 0.419 e. The van der Waals surface area contributed by atoms with E-state index in [-0.39, 0.29) is 24.0 Å². The number of aromatic nitrogens is 4. The van der Waals surface area contributed by atoms with E-state index in [1.54, 1.807) is 33.8 Å². The standard InChI is InChI=1S/C30H31F4N7O3/c1-29(2,3)44-28(43)40-12-4-5-20(15-40)41-26-23(25(35)37-16-38-26)24(39-41)18-8-6-17(7-9-18)14-36-27(42)19-10-11-22(31)21(13-19)30(32,33)34/h6-11,13,16,20H,4-5,12,14-15H2,1-3H3,(H,36,42)(H2,35,37,38)/t20-/m1/s1. The van der Waals surface area contributed by atoms with Crippen molar-refractivity contribution in [1.82, 2.24) is 30.0 Å². The molecule has 5 rings (SSSR count). The van der Waals surface area contributed by atoms with E-state index in [0.717, 1.165) is 18.9 Å². The predicted octanol–water partition coefficient (Wildman–Crippen LogP) is 5.74. The second-order valence-corrected chi connectivity index (χ2v) is 11.5. The Morgan fingerprint density at radius 1 is 1.09 bits per heavy atom. The van der Waals surface area contributed by atoms with Gasteiger partial charge in [0.25, 0.3) is 5.91 Å². The fourth-order valence-corrected chi connectivity index (χ4v) is 5.05. The number of anilines is 1. The van der Waals surface area contributed by atoms with Gasteiger partial charge in [-0.1, -0.05) is 24.3 Å². The van der Waals surface area contributed by atoms with Crippen LogP contribution in [0.4, 0.5) is 28.2 Å². The molecule has 10 nitrogen and oxygen atoms in total. The van der Waals surface area contributed by atoms with Crippen molar-refractivity contribution < 1.29 is 31.9 Å². The van der Waals surface area contributed by atoms with Crippen LogP contribution in [0.2, 0.25) is 0 Å². The number of halogens is 4. The average Bonchev–Trinajstić information content (AvgIpc) is 3.36. The Morgan fingerprint density at radius 3 is 2.50 bits per heavy atom. The Bertz CT molecular complexity index is 1700. The molecule has 0 radical (unpaired) electrons. The first-order valence-corrected chi connectivity index (χ1v) is 13.9. The van der Waals surface area contributed by atoms with Gasteiger partial charge in [-0.2, -0.15) is 18.3 Å². The van der Waals surface area contributed by atoms with Crippen LogP contribution in [0.15, 0.2) is 48.8 Å². The number of rotatable bonds is 5. The highest BCUT2D eigenvalue weighted by atomic mass is 19.4. The van der Waals surface area contributed by atoms with Gasteiger partial charge in [0.1, 0.15) is 29.3 Å². The molecule has 1 saturated heterocycles. The molecule has 3 heterocycles. The molecule has 3 N–H and O–H groups in total. The molecule has 44 heavy (non-hydrogen) atoms. The van der Waals surface area contributed by atoms with Crippen LogP contribution in [-0.4, -0.2) is 55.3 Å². The van der Waals surface area contributed by atoms with Crippen molar-refractivity contribution in [3.63, 3.8) is 0 Å². The van der Waals surface area contributed by atoms with Gasteiger partial charge in [0, 0.05) is 30.8 Å². The normalized spacial score (nSPS) is 15.8. The van der Waals surface area contributed by atoms with Gasteiger partial charge in [0.15, 0.2) is 5.65 Å². The number of carbonyl (C=O) groups excluding carboxylic acids is 2. The molecular weight excluding hydrogens is 582 g/mol. The van der Waals surface area contributed by atoms with Gasteiger partial charge < -0.3 is 20.7 Å². The second kappa shape index (κ2) is 11.7. The first kappa shape index (κ1) is 30.7. The van der Waals surface area contributed by atoms with Crippen LogP contribution in [0, 0.1) is 5.82 Å². The summed E-state index contributed by atoms with van der Waals surface area (Å²) in [6.07, 6.45) is -2.45. The zero-order valence-corrected chi connectivity index (χ0v) is 24.3. The number of piperidine rings is 1. The van der Waals surface area contributed by atoms with Crippen LogP contribution >= 0.6 is 0 Å². The lowest BCUT2D eigenvalue weighted by atomic mass is 10.1. The molecular formula is C30H31F4N7O3. The number of ether oxygens (including phenoxy) is 1. The number of carbonyl (C=O) groups is 2. The van der Waals surface area contributed by atoms with Crippen LogP contribution in [0.1, 0.15) is 61.1 Å². The number of hydrogen-bond acceptors (Lipinski definition) is 7. The van der Waals surface area contributed by atoms with Crippen molar-refractivity contribution in [2.45, 2.75) is 58.0 Å². The highest BCUT2D eigenvalue weighted by Gasteiger charge is 2.35. The summed E-state index contributed by atoms with van der Waals surface area (Å²) in [7, 11) is 0. The molecule has 2 aromatic carbocycles. The summed E-state index contributed by atoms with van der Waals surface area (Å²) in [5.74, 6) is -1.98. The Morgan fingerprint density at radius 2 is 1.82 bits per heavy atom. The SMILES string of the molecule is CC(C)(C)OC(=O)N1CCC[C@@H](n2nc(-c3ccc(CNC(=O)c4ccc(F)c(C(F)(F)F)c4)cc3)c3c(N)ncnc32)C1. The summed E-state index contributed by atoms with van der Waals surface area (Å²) in [6.45, 7) is 6.41. The Balaban J connectivity index is 1.35. The lowest BCUT2D eigenvalue weighted by Crippen LogP contribution is -2.43. The Hall–Kier alpha value is -4.75. The minimum absolute atomic E-state index is 0.0147. The summed E-state index contributed by atoms with van der Waals surface area (Å²) in [4.78, 5) is 35.5. The molecule has 1 aliphatic heterocycles. The van der Waals surface area contributed by atoms with E-state index in [1.807, 2.05) is 20.8 Å². The van der Waals surface area contributed by atoms with Gasteiger partial charge in [0.05, 0.1) is 17.0 Å². The summed E-state index contributed by atoms with van der Waals surface area (Å²) < 4.78 is 60.0. The number of alkyl halides is 3. The van der Waals surface area contributed by atoms with E-state index in [1.165, 1.54) is 6.33 Å². The van der Waals surface area contributed by atoms with E-state index < -0.39 is 35.2 Å². The first-order valence-electron chi connectivity index (χ1n) is 13.9. The number of nitrogens with two attached hydrogens (primary N) is 1. The van der Waals surface area contributed by atoms with Crippen molar-refractivity contribution in [3.05, 3.63) is 71.3 Å². The number of nitrogen functional groups attached to an aromatic ring is 1. The summed E-state index contributed by atoms with van der Waals surface area (Å²) >= 11 is 0. The smallest absolute Gasteiger partial charge is 0.419 e. The number of hydrogen-bond donors (Lipinski definition) is 2. The fraction of sp³-hybridized carbons (Fsp3) is 0.367. The van der Waals surface area contributed by atoms with E-state index in [0.29, 0.717) is 53.1 Å². The van der Waals surface area contributed by atoms with Crippen molar-refractivity contribution in [2.24, 2.45) is 0 Å². The van der Waals surface area contributed by atoms with Gasteiger partial charge in [-0.3, -0.25) is 4.79 Å². The van der Waals surface area contributed by atoms with Crippen molar-refractivity contribution in [2.75, 3.05) is 18.8 Å². The van der Waals surface area contributed by atoms with Crippen LogP contribution in [-0.2, 0) is 17.5 Å². The van der Waals surface area contributed by atoms with Gasteiger partial charge in [-0.25, -0.2) is 23.8 Å². The highest BCUT2D eigenvalue weighted by molar-refractivity contribution is 5.98. The Kier molecular flexibility index (Phi) is 8.19. The largest absolute Gasteiger partial charge is 0.444 e. The Labute approximate surface area is 250 Å². The third-order valence-corrected chi connectivity index (χ3v) is 7.13. The zero-order valence-electron chi connectivity index (χ0n) is 24.3. The third-order valence-electron chi connectivity index (χ3n) is 7.13. The molecule has 14 heteroatoms. The minimum Gasteiger partial charge on any atom is -0.444 e. The maximum absolute atomic E-state index is 13.6. The van der Waals surface area contributed by atoms with Crippen molar-refractivity contribution in [3.8, 4) is 11.3 Å². The molecule has 4 aromatic rings. The molecule has 1 aliphatic rings. The van der Waals surface area contributed by atoms with E-state index in [4.69, 9.17) is 15.6 Å². The molecule has 232 valence electrons. The van der Waals surface area contributed by atoms with E-state index in [2.05, 4.69) is 15.3 Å². The molecule has 2 aromatic heterocycles. The summed E-state index contributed by atoms with van der Waals surface area (Å²) in [5, 5.41) is 7.96. The lowest BCUT2D eigenvalue weighted by molar-refractivity contribution is -0.140. The number of amides is 2. The summed E-state index contributed by atoms with van der Waals surface area (Å²) in [5.41, 5.74) is 6.24. The van der Waals surface area contributed by atoms with E-state index >= 15 is 0 Å². The second-order valence-electron chi connectivity index (χ2n) is 11.5. The van der Waals surface area contributed by atoms with Crippen molar-refractivity contribution in [1.29, 1.82) is 0 Å². The van der Waals surface area contributed by atoms with Gasteiger partial charge >= 0.3 is 12.3 Å². The quantitative estimate of drug-likeness (QED) is 0.275. The van der Waals surface area contributed by atoms with Crippen LogP contribution < -0.4 is 11.1 Å². The minimum atomic E-state index is -4.92. The van der Waals surface area contributed by atoms with Gasteiger partial charge in [-0.05, 0) is 57.4 Å². The molecule has 0 unspecified atom stereocenters. The number of benzene rings is 2. The number of nitrogens with one attached hydrogen (secondary N) is 1. The van der Waals surface area contributed by atoms with Crippen LogP contribution in [0.3, 0.4) is 0 Å². The molecule has 0 aliphatic carbocycles. The monoisotopic (exact) mass is 613 g/mol. The van der Waals surface area contributed by atoms with Gasteiger partial charge in [-0.15, -0.1) is 0 Å². The predicted molar refractivity (Wildman–Crippen MR) is 154 cm³/mol. The van der Waals surface area contributed by atoms with Crippen LogP contribution in [0.5, 0.6) is 0 Å². The average molecular weight is 614 g/mol. The zero-order chi connectivity index (χ0) is 31.8. The lowest BCUT2D eigenvalue weighted by Gasteiger charge is -2.34. The first-order chi connectivity index (χ1) is 20.7. The fourth-order valence-electron chi connectivity index (χ4n) is 5.05. The van der Waals surface area contributed by atoms with E-state index in [9.17, 15) is 27.2 Å². The molecule has 2 amide bonds. The van der Waals surface area contributed by atoms with Gasteiger partial charge in [0.2, 0.25) is 0 Å². The molecule has 1 fully saturated rings.